The third-order valence-electron chi connectivity index (χ3n) is 3.12. The molecule has 0 radical (unpaired) electrons. The summed E-state index contributed by atoms with van der Waals surface area (Å²) in [5.41, 5.74) is 2.37. The Bertz CT molecular complexity index is 537. The average Bonchev–Trinajstić information content (AvgIpc) is 2.50. The van der Waals surface area contributed by atoms with Crippen molar-refractivity contribution >= 4 is 0 Å². The van der Waals surface area contributed by atoms with E-state index in [-0.39, 0.29) is 0 Å². The van der Waals surface area contributed by atoms with E-state index >= 15 is 0 Å². The highest BCUT2D eigenvalue weighted by Gasteiger charge is 2.00. The summed E-state index contributed by atoms with van der Waals surface area (Å²) in [7, 11) is 1.69. The molecule has 0 aromatic heterocycles. The lowest BCUT2D eigenvalue weighted by Crippen LogP contribution is -2.13. The lowest BCUT2D eigenvalue weighted by atomic mass is 10.2. The van der Waals surface area contributed by atoms with Gasteiger partial charge < -0.3 is 14.8 Å². The molecule has 0 saturated carbocycles. The van der Waals surface area contributed by atoms with Crippen LogP contribution < -0.4 is 10.1 Å². The van der Waals surface area contributed by atoms with Crippen LogP contribution in [-0.2, 0) is 17.9 Å². The summed E-state index contributed by atoms with van der Waals surface area (Å²) >= 11 is 0. The lowest BCUT2D eigenvalue weighted by molar-refractivity contribution is 0.184. The zero-order valence-corrected chi connectivity index (χ0v) is 12.8. The fourth-order valence-corrected chi connectivity index (χ4v) is 2.09. The van der Waals surface area contributed by atoms with E-state index in [0.29, 0.717) is 6.61 Å². The molecule has 0 aliphatic rings. The minimum atomic E-state index is 0.596. The summed E-state index contributed by atoms with van der Waals surface area (Å²) in [5.74, 6) is 1.69. The van der Waals surface area contributed by atoms with E-state index in [1.54, 1.807) is 7.11 Å². The molecule has 1 N–H and O–H groups in total. The van der Waals surface area contributed by atoms with Crippen LogP contribution in [0.1, 0.15) is 24.5 Å². The Kier molecular flexibility index (Phi) is 6.25. The maximum atomic E-state index is 5.87. The first-order valence-corrected chi connectivity index (χ1v) is 7.37. The largest absolute Gasteiger partial charge is 0.457 e. The van der Waals surface area contributed by atoms with Crippen molar-refractivity contribution in [3.63, 3.8) is 0 Å². The van der Waals surface area contributed by atoms with Gasteiger partial charge in [-0.1, -0.05) is 31.2 Å². The second-order valence-corrected chi connectivity index (χ2v) is 5.00. The van der Waals surface area contributed by atoms with Crippen LogP contribution in [-0.4, -0.2) is 13.7 Å². The Labute approximate surface area is 126 Å². The standard InChI is InChI=1S/C18H23NO2/c1-3-11-19-13-15-7-9-17(10-8-15)21-18-6-4-5-16(12-18)14-20-2/h4-10,12,19H,3,11,13-14H2,1-2H3. The van der Waals surface area contributed by atoms with E-state index in [2.05, 4.69) is 24.4 Å². The molecule has 112 valence electrons. The first-order valence-electron chi connectivity index (χ1n) is 7.37. The van der Waals surface area contributed by atoms with Gasteiger partial charge in [0.05, 0.1) is 6.61 Å². The molecular formula is C18H23NO2. The van der Waals surface area contributed by atoms with Gasteiger partial charge >= 0.3 is 0 Å². The molecule has 0 saturated heterocycles. The van der Waals surface area contributed by atoms with E-state index < -0.39 is 0 Å². The van der Waals surface area contributed by atoms with Crippen LogP contribution in [0.15, 0.2) is 48.5 Å². The van der Waals surface area contributed by atoms with Gasteiger partial charge in [0.2, 0.25) is 0 Å². The normalized spacial score (nSPS) is 10.6. The number of hydrogen-bond acceptors (Lipinski definition) is 3. The van der Waals surface area contributed by atoms with Gasteiger partial charge in [0.15, 0.2) is 0 Å². The van der Waals surface area contributed by atoms with Crippen LogP contribution in [0.25, 0.3) is 0 Å². The number of rotatable bonds is 8. The molecule has 0 unspecified atom stereocenters. The van der Waals surface area contributed by atoms with Crippen LogP contribution >= 0.6 is 0 Å². The minimum Gasteiger partial charge on any atom is -0.457 e. The van der Waals surface area contributed by atoms with E-state index in [9.17, 15) is 0 Å². The molecule has 2 aromatic rings. The van der Waals surface area contributed by atoms with E-state index in [1.807, 2.05) is 36.4 Å². The molecule has 3 nitrogen and oxygen atoms in total. The van der Waals surface area contributed by atoms with Gasteiger partial charge in [-0.15, -0.1) is 0 Å². The molecule has 0 atom stereocenters. The predicted octanol–water partition coefficient (Wildman–Crippen LogP) is 4.12. The number of ether oxygens (including phenoxy) is 2. The van der Waals surface area contributed by atoms with Gasteiger partial charge in [-0.25, -0.2) is 0 Å². The SMILES string of the molecule is CCCNCc1ccc(Oc2cccc(COC)c2)cc1. The molecule has 0 spiro atoms. The van der Waals surface area contributed by atoms with Crippen LogP contribution in [0.2, 0.25) is 0 Å². The molecule has 0 fully saturated rings. The smallest absolute Gasteiger partial charge is 0.127 e. The molecule has 2 rings (SSSR count). The molecule has 0 amide bonds. The van der Waals surface area contributed by atoms with E-state index in [1.165, 1.54) is 5.56 Å². The van der Waals surface area contributed by atoms with Crippen LogP contribution in [0.3, 0.4) is 0 Å². The number of nitrogens with one attached hydrogen (secondary N) is 1. The predicted molar refractivity (Wildman–Crippen MR) is 85.7 cm³/mol. The zero-order valence-electron chi connectivity index (χ0n) is 12.8. The quantitative estimate of drug-likeness (QED) is 0.740. The van der Waals surface area contributed by atoms with Crippen LogP contribution in [0.4, 0.5) is 0 Å². The minimum absolute atomic E-state index is 0.596. The third-order valence-corrected chi connectivity index (χ3v) is 3.12. The topological polar surface area (TPSA) is 30.5 Å². The lowest BCUT2D eigenvalue weighted by Gasteiger charge is -2.09. The van der Waals surface area contributed by atoms with Gasteiger partial charge in [0, 0.05) is 13.7 Å². The molecule has 21 heavy (non-hydrogen) atoms. The highest BCUT2D eigenvalue weighted by molar-refractivity contribution is 5.35. The van der Waals surface area contributed by atoms with Crippen molar-refractivity contribution in [1.29, 1.82) is 0 Å². The summed E-state index contributed by atoms with van der Waals surface area (Å²) in [6.07, 6.45) is 1.15. The van der Waals surface area contributed by atoms with Crippen molar-refractivity contribution in [2.45, 2.75) is 26.5 Å². The van der Waals surface area contributed by atoms with Crippen molar-refractivity contribution in [2.24, 2.45) is 0 Å². The summed E-state index contributed by atoms with van der Waals surface area (Å²) in [6.45, 7) is 4.71. The summed E-state index contributed by atoms with van der Waals surface area (Å²) < 4.78 is 11.0. The molecule has 0 heterocycles. The molecule has 0 aliphatic carbocycles. The second kappa shape index (κ2) is 8.45. The third kappa shape index (κ3) is 5.21. The Balaban J connectivity index is 1.95. The number of methoxy groups -OCH3 is 1. The summed E-state index contributed by atoms with van der Waals surface area (Å²) in [5, 5.41) is 3.39. The van der Waals surface area contributed by atoms with Crippen LogP contribution in [0, 0.1) is 0 Å². The van der Waals surface area contributed by atoms with Gasteiger partial charge in [-0.3, -0.25) is 0 Å². The van der Waals surface area contributed by atoms with E-state index in [4.69, 9.17) is 9.47 Å². The van der Waals surface area contributed by atoms with Crippen molar-refractivity contribution in [3.8, 4) is 11.5 Å². The molecule has 0 bridgehead atoms. The van der Waals surface area contributed by atoms with Crippen molar-refractivity contribution in [2.75, 3.05) is 13.7 Å². The Hall–Kier alpha value is -1.84. The van der Waals surface area contributed by atoms with Gasteiger partial charge in [0.25, 0.3) is 0 Å². The Morgan fingerprint density at radius 1 is 0.952 bits per heavy atom. The number of benzene rings is 2. The van der Waals surface area contributed by atoms with Crippen molar-refractivity contribution in [1.82, 2.24) is 5.32 Å². The maximum Gasteiger partial charge on any atom is 0.127 e. The van der Waals surface area contributed by atoms with Gasteiger partial charge in [-0.2, -0.15) is 0 Å². The fraction of sp³-hybridized carbons (Fsp3) is 0.333. The van der Waals surface area contributed by atoms with Crippen molar-refractivity contribution < 1.29 is 9.47 Å². The number of hydrogen-bond donors (Lipinski definition) is 1. The molecule has 0 aliphatic heterocycles. The summed E-state index contributed by atoms with van der Waals surface area (Å²) in [6, 6.07) is 16.2. The highest BCUT2D eigenvalue weighted by Crippen LogP contribution is 2.22. The maximum absolute atomic E-state index is 5.87. The molecule has 3 heteroatoms. The monoisotopic (exact) mass is 285 g/mol. The van der Waals surface area contributed by atoms with Crippen LogP contribution in [0.5, 0.6) is 11.5 Å². The van der Waals surface area contributed by atoms with Crippen molar-refractivity contribution in [3.05, 3.63) is 59.7 Å². The first-order chi connectivity index (χ1) is 10.3. The van der Waals surface area contributed by atoms with E-state index in [0.717, 1.165) is 36.6 Å². The molecule has 2 aromatic carbocycles. The molecular weight excluding hydrogens is 262 g/mol. The summed E-state index contributed by atoms with van der Waals surface area (Å²) in [4.78, 5) is 0. The second-order valence-electron chi connectivity index (χ2n) is 5.00. The first kappa shape index (κ1) is 15.5. The van der Waals surface area contributed by atoms with Gasteiger partial charge in [-0.05, 0) is 48.4 Å². The fourth-order valence-electron chi connectivity index (χ4n) is 2.09. The average molecular weight is 285 g/mol. The Morgan fingerprint density at radius 3 is 2.48 bits per heavy atom. The highest BCUT2D eigenvalue weighted by atomic mass is 16.5. The Morgan fingerprint density at radius 2 is 1.76 bits per heavy atom. The van der Waals surface area contributed by atoms with Gasteiger partial charge in [0.1, 0.15) is 11.5 Å². The zero-order chi connectivity index (χ0) is 14.9.